The minimum Gasteiger partial charge on any atom is -0.396 e. The van der Waals surface area contributed by atoms with Crippen LogP contribution >= 0.6 is 0 Å². The van der Waals surface area contributed by atoms with E-state index in [9.17, 15) is 15.0 Å². The molecule has 2 N–H and O–H groups in total. The van der Waals surface area contributed by atoms with Gasteiger partial charge in [-0.1, -0.05) is 26.3 Å². The molecule has 0 aromatic carbocycles. The first-order valence-corrected chi connectivity index (χ1v) is 8.91. The minimum atomic E-state index is -0.653. The first-order chi connectivity index (χ1) is 10.7. The van der Waals surface area contributed by atoms with Crippen molar-refractivity contribution in [3.05, 3.63) is 24.3 Å². The molecule has 0 aliphatic heterocycles. The number of carbonyl (C=O) groups is 1. The Hall–Kier alpha value is -0.930. The second-order valence-electron chi connectivity index (χ2n) is 8.87. The Labute approximate surface area is 139 Å². The lowest BCUT2D eigenvalue weighted by atomic mass is 9.44. The highest BCUT2D eigenvalue weighted by Gasteiger charge is 2.60. The average molecular weight is 318 g/mol. The van der Waals surface area contributed by atoms with Gasteiger partial charge in [0, 0.05) is 23.4 Å². The van der Waals surface area contributed by atoms with Crippen LogP contribution < -0.4 is 0 Å². The molecule has 0 heterocycles. The van der Waals surface area contributed by atoms with Gasteiger partial charge in [0.05, 0.1) is 6.10 Å². The number of ketones is 1. The largest absolute Gasteiger partial charge is 0.396 e. The maximum Gasteiger partial charge on any atom is 0.168 e. The molecule has 0 amide bonds. The molecule has 1 unspecified atom stereocenters. The van der Waals surface area contributed by atoms with E-state index in [1.54, 1.807) is 12.2 Å². The van der Waals surface area contributed by atoms with Gasteiger partial charge in [0.2, 0.25) is 0 Å². The van der Waals surface area contributed by atoms with Crippen LogP contribution in [0, 0.1) is 28.1 Å². The van der Waals surface area contributed by atoms with Crippen molar-refractivity contribution in [2.24, 2.45) is 28.1 Å². The Kier molecular flexibility index (Phi) is 3.89. The summed E-state index contributed by atoms with van der Waals surface area (Å²) in [6.45, 7) is 10.2. The number of carbonyl (C=O) groups excluding carboxylic acids is 1. The zero-order valence-electron chi connectivity index (χ0n) is 14.6. The zero-order chi connectivity index (χ0) is 17.0. The lowest BCUT2D eigenvalue weighted by molar-refractivity contribution is -0.146. The van der Waals surface area contributed by atoms with Crippen molar-refractivity contribution in [2.75, 3.05) is 6.61 Å². The van der Waals surface area contributed by atoms with Crippen LogP contribution in [0.1, 0.15) is 52.9 Å². The number of Topliss-reactive ketones (excluding diaryl/α,β-unsaturated/α-hetero) is 1. The molecule has 0 spiro atoms. The van der Waals surface area contributed by atoms with Gasteiger partial charge in [-0.2, -0.15) is 0 Å². The van der Waals surface area contributed by atoms with Gasteiger partial charge in [-0.05, 0) is 55.6 Å². The summed E-state index contributed by atoms with van der Waals surface area (Å²) in [5.74, 6) is 0.182. The zero-order valence-corrected chi connectivity index (χ0v) is 14.6. The second-order valence-corrected chi connectivity index (χ2v) is 8.87. The molecular weight excluding hydrogens is 288 g/mol. The van der Waals surface area contributed by atoms with E-state index in [0.717, 1.165) is 37.7 Å². The highest BCUT2D eigenvalue weighted by molar-refractivity contribution is 6.02. The molecule has 0 radical (unpaired) electrons. The van der Waals surface area contributed by atoms with E-state index in [1.165, 1.54) is 0 Å². The fraction of sp³-hybridized carbons (Fsp3) is 0.750. The lowest BCUT2D eigenvalue weighted by Gasteiger charge is -2.60. The van der Waals surface area contributed by atoms with E-state index in [1.807, 2.05) is 6.92 Å². The normalized spacial score (nSPS) is 45.7. The van der Waals surface area contributed by atoms with Gasteiger partial charge in [-0.3, -0.25) is 4.79 Å². The van der Waals surface area contributed by atoms with Crippen LogP contribution in [0.4, 0.5) is 0 Å². The molecule has 3 aliphatic rings. The fourth-order valence-corrected chi connectivity index (χ4v) is 5.91. The summed E-state index contributed by atoms with van der Waals surface area (Å²) in [5.41, 5.74) is -0.168. The maximum absolute atomic E-state index is 13.0. The van der Waals surface area contributed by atoms with E-state index >= 15 is 0 Å². The molecule has 3 rings (SSSR count). The SMILES string of the molecule is C=C[C@@]1(C)CCC2C(=C[C@@H](O)[C@H]3C(C)(C)CCC[C@]23CO)C1=O. The summed E-state index contributed by atoms with van der Waals surface area (Å²) in [5, 5.41) is 21.2. The first kappa shape index (κ1) is 16.9. The Balaban J connectivity index is 2.12. The Bertz CT molecular complexity index is 561. The van der Waals surface area contributed by atoms with Crippen molar-refractivity contribution in [1.29, 1.82) is 0 Å². The lowest BCUT2D eigenvalue weighted by Crippen LogP contribution is -2.59. The van der Waals surface area contributed by atoms with Crippen molar-refractivity contribution >= 4 is 5.78 Å². The van der Waals surface area contributed by atoms with Gasteiger partial charge >= 0.3 is 0 Å². The Morgan fingerprint density at radius 3 is 2.61 bits per heavy atom. The van der Waals surface area contributed by atoms with Gasteiger partial charge in [-0.25, -0.2) is 0 Å². The predicted octanol–water partition coefficient (Wildman–Crippen LogP) is 3.26. The molecule has 0 bridgehead atoms. The van der Waals surface area contributed by atoms with Crippen LogP contribution in [0.3, 0.4) is 0 Å². The van der Waals surface area contributed by atoms with Crippen molar-refractivity contribution in [2.45, 2.75) is 59.0 Å². The van der Waals surface area contributed by atoms with Gasteiger partial charge in [0.15, 0.2) is 5.78 Å². The number of fused-ring (bicyclic) bond motifs is 3. The molecule has 3 nitrogen and oxygen atoms in total. The van der Waals surface area contributed by atoms with Crippen LogP contribution in [0.5, 0.6) is 0 Å². The third kappa shape index (κ3) is 2.20. The fourth-order valence-electron chi connectivity index (χ4n) is 5.91. The minimum absolute atomic E-state index is 0.0170. The van der Waals surface area contributed by atoms with Crippen LogP contribution in [0.2, 0.25) is 0 Å². The van der Waals surface area contributed by atoms with Gasteiger partial charge in [0.25, 0.3) is 0 Å². The molecule has 128 valence electrons. The standard InChI is InChI=1S/C20H30O3/c1-5-19(4)10-7-14-13(17(19)23)11-15(22)16-18(2,3)8-6-9-20(14,16)12-21/h5,11,14-16,21-22H,1,6-10,12H2,2-4H3/t14?,15-,16+,19+,20+/m1/s1. The van der Waals surface area contributed by atoms with Gasteiger partial charge in [0.1, 0.15) is 0 Å². The van der Waals surface area contributed by atoms with E-state index in [-0.39, 0.29) is 35.1 Å². The van der Waals surface area contributed by atoms with E-state index in [4.69, 9.17) is 0 Å². The first-order valence-electron chi connectivity index (χ1n) is 8.91. The summed E-state index contributed by atoms with van der Waals surface area (Å²) < 4.78 is 0. The molecule has 3 aliphatic carbocycles. The molecule has 0 aromatic heterocycles. The van der Waals surface area contributed by atoms with E-state index in [0.29, 0.717) is 0 Å². The molecule has 5 atom stereocenters. The number of aliphatic hydroxyl groups excluding tert-OH is 2. The highest BCUT2D eigenvalue weighted by atomic mass is 16.3. The number of allylic oxidation sites excluding steroid dienone is 2. The third-order valence-corrected chi connectivity index (χ3v) is 7.16. The topological polar surface area (TPSA) is 57.5 Å². The second kappa shape index (κ2) is 5.29. The Morgan fingerprint density at radius 1 is 1.30 bits per heavy atom. The van der Waals surface area contributed by atoms with Crippen LogP contribution in [0.15, 0.2) is 24.3 Å². The quantitative estimate of drug-likeness (QED) is 0.768. The number of hydrogen-bond donors (Lipinski definition) is 2. The van der Waals surface area contributed by atoms with Crippen molar-refractivity contribution < 1.29 is 15.0 Å². The molecule has 0 aromatic rings. The third-order valence-electron chi connectivity index (χ3n) is 7.16. The van der Waals surface area contributed by atoms with Gasteiger partial charge < -0.3 is 10.2 Å². The summed E-state index contributed by atoms with van der Waals surface area (Å²) in [6, 6.07) is 0. The predicted molar refractivity (Wildman–Crippen MR) is 90.8 cm³/mol. The molecular formula is C20H30O3. The van der Waals surface area contributed by atoms with E-state index < -0.39 is 11.5 Å². The smallest absolute Gasteiger partial charge is 0.168 e. The molecule has 3 heteroatoms. The summed E-state index contributed by atoms with van der Waals surface area (Å²) in [6.07, 6.45) is 7.58. The van der Waals surface area contributed by atoms with Gasteiger partial charge in [-0.15, -0.1) is 6.58 Å². The van der Waals surface area contributed by atoms with Crippen LogP contribution in [-0.4, -0.2) is 28.7 Å². The number of rotatable bonds is 2. The molecule has 0 saturated heterocycles. The average Bonchev–Trinajstić information content (AvgIpc) is 2.50. The highest BCUT2D eigenvalue weighted by Crippen LogP contribution is 2.62. The van der Waals surface area contributed by atoms with Crippen molar-refractivity contribution in [3.8, 4) is 0 Å². The number of aliphatic hydroxyl groups is 2. The molecule has 2 fully saturated rings. The summed E-state index contributed by atoms with van der Waals surface area (Å²) >= 11 is 0. The van der Waals surface area contributed by atoms with Crippen molar-refractivity contribution in [1.82, 2.24) is 0 Å². The van der Waals surface area contributed by atoms with Crippen LogP contribution in [-0.2, 0) is 4.79 Å². The van der Waals surface area contributed by atoms with Crippen molar-refractivity contribution in [3.63, 3.8) is 0 Å². The molecule has 23 heavy (non-hydrogen) atoms. The maximum atomic E-state index is 13.0. The summed E-state index contributed by atoms with van der Waals surface area (Å²) in [7, 11) is 0. The Morgan fingerprint density at radius 2 is 2.00 bits per heavy atom. The van der Waals surface area contributed by atoms with E-state index in [2.05, 4.69) is 20.4 Å². The van der Waals surface area contributed by atoms with Crippen LogP contribution in [0.25, 0.3) is 0 Å². The monoisotopic (exact) mass is 318 g/mol. The molecule has 2 saturated carbocycles. The summed E-state index contributed by atoms with van der Waals surface area (Å²) in [4.78, 5) is 13.0. The number of hydrogen-bond acceptors (Lipinski definition) is 3.